The number of carbonyl (C=O) groups excluding carboxylic acids is 1. The number of fused-ring (bicyclic) bond motifs is 3. The van der Waals surface area contributed by atoms with Gasteiger partial charge in [-0.25, -0.2) is 0 Å². The van der Waals surface area contributed by atoms with Gasteiger partial charge in [0.2, 0.25) is 5.91 Å². The molecule has 1 aliphatic heterocycles. The van der Waals surface area contributed by atoms with Gasteiger partial charge in [0.25, 0.3) is 0 Å². The maximum atomic E-state index is 11.4. The molecule has 2 aliphatic rings. The lowest BCUT2D eigenvalue weighted by atomic mass is 9.99. The van der Waals surface area contributed by atoms with Crippen LogP contribution in [0.4, 0.5) is 5.69 Å². The van der Waals surface area contributed by atoms with E-state index in [1.807, 2.05) is 13.0 Å². The molecular weight excluding hydrogens is 162 g/mol. The van der Waals surface area contributed by atoms with E-state index >= 15 is 0 Å². The number of carbonyl (C=O) groups is 1. The van der Waals surface area contributed by atoms with Gasteiger partial charge in [0, 0.05) is 11.6 Å². The van der Waals surface area contributed by atoms with E-state index in [1.54, 1.807) is 0 Å². The number of benzene rings is 1. The van der Waals surface area contributed by atoms with Gasteiger partial charge in [-0.3, -0.25) is 4.79 Å². The van der Waals surface area contributed by atoms with Crippen molar-refractivity contribution in [2.45, 2.75) is 19.3 Å². The highest BCUT2D eigenvalue weighted by Crippen LogP contribution is 2.53. The lowest BCUT2D eigenvalue weighted by Gasteiger charge is -2.17. The summed E-state index contributed by atoms with van der Waals surface area (Å²) >= 11 is 0. The Morgan fingerprint density at radius 1 is 1.38 bits per heavy atom. The maximum absolute atomic E-state index is 11.4. The zero-order chi connectivity index (χ0) is 9.00. The first-order valence-electron chi connectivity index (χ1n) is 4.68. The van der Waals surface area contributed by atoms with E-state index in [0.717, 1.165) is 12.1 Å². The molecule has 1 aliphatic carbocycles. The second-order valence-electron chi connectivity index (χ2n) is 3.98. The number of amides is 1. The van der Waals surface area contributed by atoms with Crippen LogP contribution in [-0.2, 0) is 4.79 Å². The summed E-state index contributed by atoms with van der Waals surface area (Å²) in [6, 6.07) is 6.25. The standard InChI is InChI=1S/C11H11NO/c1-6-3-2-4-7-8-5-9(8)11(13)12-10(6)7/h2-4,8-9H,5H2,1H3,(H,12,13). The molecule has 0 aromatic heterocycles. The van der Waals surface area contributed by atoms with Gasteiger partial charge in [-0.15, -0.1) is 0 Å². The third-order valence-corrected chi connectivity index (χ3v) is 3.08. The highest BCUT2D eigenvalue weighted by atomic mass is 16.2. The molecule has 1 N–H and O–H groups in total. The number of aryl methyl sites for hydroxylation is 1. The SMILES string of the molecule is Cc1cccc2c1NC(=O)C1CC21. The van der Waals surface area contributed by atoms with Gasteiger partial charge < -0.3 is 5.32 Å². The third kappa shape index (κ3) is 0.857. The first-order valence-corrected chi connectivity index (χ1v) is 4.68. The summed E-state index contributed by atoms with van der Waals surface area (Å²) in [4.78, 5) is 11.4. The molecule has 1 saturated carbocycles. The number of para-hydroxylation sites is 1. The summed E-state index contributed by atoms with van der Waals surface area (Å²) in [6.07, 6.45) is 1.04. The molecule has 1 heterocycles. The molecule has 2 heteroatoms. The molecule has 2 unspecified atom stereocenters. The molecule has 13 heavy (non-hydrogen) atoms. The van der Waals surface area contributed by atoms with Crippen LogP contribution in [0, 0.1) is 12.8 Å². The van der Waals surface area contributed by atoms with Crippen molar-refractivity contribution in [1.82, 2.24) is 0 Å². The normalized spacial score (nSPS) is 28.8. The molecule has 0 spiro atoms. The van der Waals surface area contributed by atoms with Crippen LogP contribution in [0.5, 0.6) is 0 Å². The van der Waals surface area contributed by atoms with Crippen molar-refractivity contribution in [3.05, 3.63) is 29.3 Å². The molecule has 0 saturated heterocycles. The average molecular weight is 173 g/mol. The number of hydrogen-bond donors (Lipinski definition) is 1. The summed E-state index contributed by atoms with van der Waals surface area (Å²) in [7, 11) is 0. The first-order chi connectivity index (χ1) is 6.27. The smallest absolute Gasteiger partial charge is 0.228 e. The molecule has 0 bridgehead atoms. The third-order valence-electron chi connectivity index (χ3n) is 3.08. The van der Waals surface area contributed by atoms with Crippen molar-refractivity contribution >= 4 is 11.6 Å². The fourth-order valence-electron chi connectivity index (χ4n) is 2.21. The minimum absolute atomic E-state index is 0.215. The maximum Gasteiger partial charge on any atom is 0.228 e. The number of nitrogens with one attached hydrogen (secondary N) is 1. The Hall–Kier alpha value is -1.31. The molecular formula is C11H11NO. The summed E-state index contributed by atoms with van der Waals surface area (Å²) in [5.74, 6) is 1.00. The van der Waals surface area contributed by atoms with Gasteiger partial charge in [-0.1, -0.05) is 18.2 Å². The second-order valence-corrected chi connectivity index (χ2v) is 3.98. The second kappa shape index (κ2) is 2.13. The zero-order valence-electron chi connectivity index (χ0n) is 7.50. The van der Waals surface area contributed by atoms with E-state index in [4.69, 9.17) is 0 Å². The van der Waals surface area contributed by atoms with E-state index < -0.39 is 0 Å². The fraction of sp³-hybridized carbons (Fsp3) is 0.364. The van der Waals surface area contributed by atoms with E-state index in [1.165, 1.54) is 11.1 Å². The largest absolute Gasteiger partial charge is 0.325 e. The van der Waals surface area contributed by atoms with Crippen molar-refractivity contribution in [3.8, 4) is 0 Å². The predicted molar refractivity (Wildman–Crippen MR) is 50.7 cm³/mol. The van der Waals surface area contributed by atoms with E-state index in [0.29, 0.717) is 5.92 Å². The van der Waals surface area contributed by atoms with Gasteiger partial charge in [-0.2, -0.15) is 0 Å². The van der Waals surface area contributed by atoms with Crippen molar-refractivity contribution in [1.29, 1.82) is 0 Å². The number of rotatable bonds is 0. The van der Waals surface area contributed by atoms with Crippen LogP contribution >= 0.6 is 0 Å². The van der Waals surface area contributed by atoms with E-state index in [-0.39, 0.29) is 11.8 Å². The van der Waals surface area contributed by atoms with Crippen molar-refractivity contribution < 1.29 is 4.79 Å². The molecule has 2 atom stereocenters. The van der Waals surface area contributed by atoms with Crippen LogP contribution in [0.25, 0.3) is 0 Å². The Kier molecular flexibility index (Phi) is 1.17. The summed E-state index contributed by atoms with van der Waals surface area (Å²) in [5.41, 5.74) is 3.58. The van der Waals surface area contributed by atoms with Crippen LogP contribution in [0.1, 0.15) is 23.5 Å². The molecule has 66 valence electrons. The highest BCUT2D eigenvalue weighted by Gasteiger charge is 2.48. The van der Waals surface area contributed by atoms with Crippen LogP contribution in [-0.4, -0.2) is 5.91 Å². The van der Waals surface area contributed by atoms with Gasteiger partial charge in [-0.05, 0) is 30.4 Å². The highest BCUT2D eigenvalue weighted by molar-refractivity contribution is 5.99. The van der Waals surface area contributed by atoms with Gasteiger partial charge in [0.15, 0.2) is 0 Å². The predicted octanol–water partition coefficient (Wildman–Crippen LogP) is 2.05. The Balaban J connectivity index is 2.19. The minimum Gasteiger partial charge on any atom is -0.325 e. The molecule has 1 fully saturated rings. The Bertz CT molecular complexity index is 397. The Morgan fingerprint density at radius 3 is 3.08 bits per heavy atom. The molecule has 1 aromatic carbocycles. The molecule has 0 radical (unpaired) electrons. The van der Waals surface area contributed by atoms with Crippen LogP contribution in [0.15, 0.2) is 18.2 Å². The van der Waals surface area contributed by atoms with E-state index in [2.05, 4.69) is 17.4 Å². The van der Waals surface area contributed by atoms with Gasteiger partial charge in [0.1, 0.15) is 0 Å². The van der Waals surface area contributed by atoms with Crippen molar-refractivity contribution in [2.75, 3.05) is 5.32 Å². The summed E-state index contributed by atoms with van der Waals surface area (Å²) in [5, 5.41) is 2.98. The van der Waals surface area contributed by atoms with Crippen molar-refractivity contribution in [2.24, 2.45) is 5.92 Å². The average Bonchev–Trinajstić information content (AvgIpc) is 2.87. The first kappa shape index (κ1) is 7.13. The zero-order valence-corrected chi connectivity index (χ0v) is 7.50. The lowest BCUT2D eigenvalue weighted by molar-refractivity contribution is -0.117. The van der Waals surface area contributed by atoms with Crippen molar-refractivity contribution in [3.63, 3.8) is 0 Å². The topological polar surface area (TPSA) is 29.1 Å². The quantitative estimate of drug-likeness (QED) is 0.639. The van der Waals surface area contributed by atoms with Crippen LogP contribution in [0.2, 0.25) is 0 Å². The summed E-state index contributed by atoms with van der Waals surface area (Å²) < 4.78 is 0. The van der Waals surface area contributed by atoms with Crippen LogP contribution in [0.3, 0.4) is 0 Å². The van der Waals surface area contributed by atoms with Gasteiger partial charge in [0.05, 0.1) is 0 Å². The summed E-state index contributed by atoms with van der Waals surface area (Å²) in [6.45, 7) is 2.04. The Labute approximate surface area is 77.0 Å². The molecule has 3 rings (SSSR count). The number of hydrogen-bond acceptors (Lipinski definition) is 1. The Morgan fingerprint density at radius 2 is 2.23 bits per heavy atom. The molecule has 1 amide bonds. The van der Waals surface area contributed by atoms with Gasteiger partial charge >= 0.3 is 0 Å². The van der Waals surface area contributed by atoms with Crippen LogP contribution < -0.4 is 5.32 Å². The fourth-order valence-corrected chi connectivity index (χ4v) is 2.21. The monoisotopic (exact) mass is 173 g/mol. The molecule has 2 nitrogen and oxygen atoms in total. The molecule has 1 aromatic rings. The minimum atomic E-state index is 0.215. The van der Waals surface area contributed by atoms with E-state index in [9.17, 15) is 4.79 Å². The lowest BCUT2D eigenvalue weighted by Crippen LogP contribution is -2.20. The number of anilines is 1.